The van der Waals surface area contributed by atoms with Gasteiger partial charge in [0.1, 0.15) is 23.1 Å². The summed E-state index contributed by atoms with van der Waals surface area (Å²) in [6.45, 7) is 1.12. The maximum absolute atomic E-state index is 13.3. The summed E-state index contributed by atoms with van der Waals surface area (Å²) in [5.74, 6) is -3.67. The van der Waals surface area contributed by atoms with Gasteiger partial charge < -0.3 is 19.7 Å². The first-order valence-electron chi connectivity index (χ1n) is 12.7. The van der Waals surface area contributed by atoms with Crippen molar-refractivity contribution in [1.29, 1.82) is 0 Å². The lowest BCUT2D eigenvalue weighted by Gasteiger charge is -2.34. The molecule has 2 aromatic rings. The summed E-state index contributed by atoms with van der Waals surface area (Å²) in [6.07, 6.45) is 1.78. The molecule has 2 heterocycles. The fourth-order valence-electron chi connectivity index (χ4n) is 4.44. The molecule has 4 amide bonds. The third-order valence-corrected chi connectivity index (χ3v) is 8.65. The summed E-state index contributed by atoms with van der Waals surface area (Å²) < 4.78 is 10.2. The van der Waals surface area contributed by atoms with Gasteiger partial charge in [0.2, 0.25) is 0 Å². The van der Waals surface area contributed by atoms with E-state index < -0.39 is 58.7 Å². The Morgan fingerprint density at radius 3 is 1.72 bits per heavy atom. The quantitative estimate of drug-likeness (QED) is 0.334. The molecule has 0 radical (unpaired) electrons. The Balaban J connectivity index is 1.55. The average Bonchev–Trinajstić information content (AvgIpc) is 3.41. The molecule has 2 atom stereocenters. The molecule has 14 heteroatoms. The van der Waals surface area contributed by atoms with E-state index >= 15 is 0 Å². The summed E-state index contributed by atoms with van der Waals surface area (Å²) in [7, 11) is 2.99. The molecule has 0 aliphatic carbocycles. The molecule has 4 rings (SSSR count). The Hall–Kier alpha value is -4.56. The van der Waals surface area contributed by atoms with Gasteiger partial charge in [-0.3, -0.25) is 29.0 Å². The molecular weight excluding hydrogens is 600 g/mol. The fraction of sp³-hybridized carbons (Fsp3) is 0.241. The number of carbonyl (C=O) groups is 6. The number of imide groups is 2. The van der Waals surface area contributed by atoms with E-state index in [2.05, 4.69) is 0 Å². The second kappa shape index (κ2) is 12.8. The molecule has 12 nitrogen and oxygen atoms in total. The maximum Gasteiger partial charge on any atom is 0.329 e. The van der Waals surface area contributed by atoms with Crippen molar-refractivity contribution in [2.24, 2.45) is 0 Å². The monoisotopic (exact) mass is 626 g/mol. The second-order valence-corrected chi connectivity index (χ2v) is 11.6. The van der Waals surface area contributed by atoms with Gasteiger partial charge in [0.25, 0.3) is 22.3 Å². The highest BCUT2D eigenvalue weighted by atomic mass is 32.2. The molecule has 0 spiro atoms. The van der Waals surface area contributed by atoms with Crippen LogP contribution in [-0.4, -0.2) is 80.0 Å². The number of benzene rings is 2. The minimum atomic E-state index is -2.18. The molecule has 2 aliphatic rings. The highest BCUT2D eigenvalue weighted by Crippen LogP contribution is 2.40. The first-order chi connectivity index (χ1) is 20.4. The van der Waals surface area contributed by atoms with Gasteiger partial charge in [0.05, 0.1) is 24.0 Å². The van der Waals surface area contributed by atoms with Crippen molar-refractivity contribution in [3.63, 3.8) is 0 Å². The van der Waals surface area contributed by atoms with Crippen LogP contribution in [0.2, 0.25) is 0 Å². The Morgan fingerprint density at radius 1 is 0.814 bits per heavy atom. The molecule has 2 fully saturated rings. The standard InChI is InChI=1S/C29H26N2O10S2/c1-29(26(36)37,31-24(33)22(43-28(31)39)15-17-6-10-19(41-3)11-7-17)13-12-20(25(34)35)30-23(32)21(42-27(30)38)14-16-4-8-18(40-2)9-5-16/h4-11,14-15,20H,12-13H2,1-3H3,(H,34,35)(H,36,37)/b21-14-,22-15-/t20-,29-/m0/s1. The van der Waals surface area contributed by atoms with Crippen LogP contribution >= 0.6 is 23.5 Å². The van der Waals surface area contributed by atoms with E-state index in [1.54, 1.807) is 48.5 Å². The van der Waals surface area contributed by atoms with E-state index in [0.717, 1.165) is 6.92 Å². The van der Waals surface area contributed by atoms with E-state index in [4.69, 9.17) is 9.47 Å². The second-order valence-electron chi connectivity index (χ2n) is 9.59. The van der Waals surface area contributed by atoms with Crippen LogP contribution in [-0.2, 0) is 19.2 Å². The summed E-state index contributed by atoms with van der Waals surface area (Å²) in [4.78, 5) is 77.9. The highest BCUT2D eigenvalue weighted by molar-refractivity contribution is 8.18. The predicted molar refractivity (Wildman–Crippen MR) is 158 cm³/mol. The van der Waals surface area contributed by atoms with Crippen LogP contribution in [0, 0.1) is 0 Å². The molecule has 0 saturated carbocycles. The smallest absolute Gasteiger partial charge is 0.329 e. The van der Waals surface area contributed by atoms with Crippen molar-refractivity contribution in [3.8, 4) is 11.5 Å². The SMILES string of the molecule is COc1ccc(/C=C2\SC(=O)N([C@@H](CC[C@@](C)(C(=O)O)N3C(=O)S/C(=C\c4ccc(OC)cc4)C3=O)C(=O)O)C2=O)cc1. The third kappa shape index (κ3) is 6.44. The molecule has 2 N–H and O–H groups in total. The topological polar surface area (TPSA) is 168 Å². The normalized spacial score (nSPS) is 19.2. The number of ether oxygens (including phenoxy) is 2. The molecule has 0 aromatic heterocycles. The van der Waals surface area contributed by atoms with Crippen LogP contribution in [0.1, 0.15) is 30.9 Å². The number of hydrogen-bond acceptors (Lipinski definition) is 10. The van der Waals surface area contributed by atoms with Gasteiger partial charge in [0.15, 0.2) is 0 Å². The number of nitrogens with zero attached hydrogens (tertiary/aromatic N) is 2. The molecule has 2 aliphatic heterocycles. The Kier molecular flexibility index (Phi) is 9.30. The van der Waals surface area contributed by atoms with Crippen LogP contribution in [0.3, 0.4) is 0 Å². The number of carboxylic acid groups (broad SMARTS) is 2. The van der Waals surface area contributed by atoms with E-state index in [1.807, 2.05) is 0 Å². The summed E-state index contributed by atoms with van der Waals surface area (Å²) in [6, 6.07) is 11.5. The fourth-order valence-corrected chi connectivity index (χ4v) is 6.25. The van der Waals surface area contributed by atoms with Gasteiger partial charge in [-0.25, -0.2) is 9.59 Å². The van der Waals surface area contributed by atoms with Gasteiger partial charge in [-0.1, -0.05) is 24.3 Å². The van der Waals surface area contributed by atoms with Crippen molar-refractivity contribution < 1.29 is 48.5 Å². The number of carboxylic acids is 2. The van der Waals surface area contributed by atoms with Gasteiger partial charge in [-0.2, -0.15) is 0 Å². The largest absolute Gasteiger partial charge is 0.497 e. The molecular formula is C29H26N2O10S2. The Labute approximate surface area is 254 Å². The van der Waals surface area contributed by atoms with Gasteiger partial charge in [-0.05, 0) is 90.8 Å². The molecule has 0 unspecified atom stereocenters. The van der Waals surface area contributed by atoms with Crippen molar-refractivity contribution in [3.05, 3.63) is 69.5 Å². The van der Waals surface area contributed by atoms with E-state index in [-0.39, 0.29) is 9.81 Å². The first kappa shape index (κ1) is 31.4. The van der Waals surface area contributed by atoms with Crippen molar-refractivity contribution in [1.82, 2.24) is 9.80 Å². The Bertz CT molecular complexity index is 1550. The zero-order valence-corrected chi connectivity index (χ0v) is 24.8. The molecule has 2 saturated heterocycles. The van der Waals surface area contributed by atoms with Crippen molar-refractivity contribution >= 4 is 69.9 Å². The van der Waals surface area contributed by atoms with Gasteiger partial charge in [0, 0.05) is 0 Å². The van der Waals surface area contributed by atoms with Crippen LogP contribution in [0.4, 0.5) is 9.59 Å². The van der Waals surface area contributed by atoms with Crippen molar-refractivity contribution in [2.45, 2.75) is 31.3 Å². The number of aliphatic carboxylic acids is 2. The van der Waals surface area contributed by atoms with Crippen LogP contribution in [0.25, 0.3) is 12.2 Å². The van der Waals surface area contributed by atoms with E-state index in [0.29, 0.717) is 55.9 Å². The lowest BCUT2D eigenvalue weighted by molar-refractivity contribution is -0.154. The number of thioether (sulfide) groups is 2. The van der Waals surface area contributed by atoms with Gasteiger partial charge >= 0.3 is 11.9 Å². The molecule has 0 bridgehead atoms. The maximum atomic E-state index is 13.3. The predicted octanol–water partition coefficient (Wildman–Crippen LogP) is 4.55. The van der Waals surface area contributed by atoms with Crippen LogP contribution in [0.5, 0.6) is 11.5 Å². The Morgan fingerprint density at radius 2 is 1.28 bits per heavy atom. The van der Waals surface area contributed by atoms with Gasteiger partial charge in [-0.15, -0.1) is 0 Å². The number of methoxy groups -OCH3 is 2. The average molecular weight is 627 g/mol. The van der Waals surface area contributed by atoms with E-state index in [1.165, 1.54) is 26.4 Å². The van der Waals surface area contributed by atoms with Crippen molar-refractivity contribution in [2.75, 3.05) is 14.2 Å². The highest BCUT2D eigenvalue weighted by Gasteiger charge is 2.52. The van der Waals surface area contributed by atoms with Crippen LogP contribution in [0.15, 0.2) is 58.3 Å². The minimum Gasteiger partial charge on any atom is -0.497 e. The number of rotatable bonds is 11. The van der Waals surface area contributed by atoms with E-state index in [9.17, 15) is 39.0 Å². The first-order valence-corrected chi connectivity index (χ1v) is 14.3. The molecule has 43 heavy (non-hydrogen) atoms. The zero-order chi connectivity index (χ0) is 31.5. The van der Waals surface area contributed by atoms with Crippen LogP contribution < -0.4 is 9.47 Å². The number of hydrogen-bond donors (Lipinski definition) is 2. The lowest BCUT2D eigenvalue weighted by Crippen LogP contribution is -2.55. The zero-order valence-electron chi connectivity index (χ0n) is 23.1. The summed E-state index contributed by atoms with van der Waals surface area (Å²) in [5, 5.41) is 18.4. The molecule has 224 valence electrons. The molecule has 2 aromatic carbocycles. The minimum absolute atomic E-state index is 0.0166. The number of carbonyl (C=O) groups excluding carboxylic acids is 4. The number of amides is 4. The third-order valence-electron chi connectivity index (χ3n) is 6.90. The summed E-state index contributed by atoms with van der Waals surface area (Å²) >= 11 is 1.10. The lowest BCUT2D eigenvalue weighted by atomic mass is 9.91. The summed E-state index contributed by atoms with van der Waals surface area (Å²) in [5.41, 5.74) is -1.04.